The highest BCUT2D eigenvalue weighted by atomic mass is 32.2. The second-order valence-electron chi connectivity index (χ2n) is 5.98. The van der Waals surface area contributed by atoms with Crippen molar-refractivity contribution in [1.29, 1.82) is 0 Å². The van der Waals surface area contributed by atoms with E-state index in [4.69, 9.17) is 9.63 Å². The number of nitrogens with zero attached hydrogens (tertiary/aromatic N) is 1. The Kier molecular flexibility index (Phi) is 6.64. The van der Waals surface area contributed by atoms with Gasteiger partial charge in [0.15, 0.2) is 0 Å². The number of amides is 1. The van der Waals surface area contributed by atoms with Crippen LogP contribution < -0.4 is 5.32 Å². The number of carboxylic acids is 1. The first-order valence-electron chi connectivity index (χ1n) is 7.98. The summed E-state index contributed by atoms with van der Waals surface area (Å²) in [5.74, 6) is 0.498. The molecular formula is C18H22N2O4S. The van der Waals surface area contributed by atoms with Crippen molar-refractivity contribution < 1.29 is 19.2 Å². The van der Waals surface area contributed by atoms with E-state index < -0.39 is 5.97 Å². The Balaban J connectivity index is 1.93. The highest BCUT2D eigenvalue weighted by molar-refractivity contribution is 7.99. The van der Waals surface area contributed by atoms with Gasteiger partial charge < -0.3 is 14.9 Å². The Hall–Kier alpha value is -2.28. The number of nitrogens with one attached hydrogen (secondary N) is 1. The molecule has 2 rings (SSSR count). The first-order chi connectivity index (χ1) is 11.9. The van der Waals surface area contributed by atoms with Gasteiger partial charge in [-0.1, -0.05) is 24.2 Å². The normalized spacial score (nSPS) is 12.0. The average Bonchev–Trinajstić information content (AvgIpc) is 2.86. The van der Waals surface area contributed by atoms with Gasteiger partial charge in [0.1, 0.15) is 5.76 Å². The zero-order valence-electron chi connectivity index (χ0n) is 14.5. The van der Waals surface area contributed by atoms with E-state index in [1.54, 1.807) is 0 Å². The number of thioether (sulfide) groups is 1. The molecule has 0 spiro atoms. The van der Waals surface area contributed by atoms with Crippen molar-refractivity contribution in [3.63, 3.8) is 0 Å². The van der Waals surface area contributed by atoms with Gasteiger partial charge in [0, 0.05) is 23.4 Å². The van der Waals surface area contributed by atoms with Crippen LogP contribution in [0.2, 0.25) is 0 Å². The average molecular weight is 362 g/mol. The molecule has 2 N–H and O–H groups in total. The summed E-state index contributed by atoms with van der Waals surface area (Å²) in [5.41, 5.74) is 3.48. The summed E-state index contributed by atoms with van der Waals surface area (Å²) >= 11 is 1.32. The second-order valence-corrected chi connectivity index (χ2v) is 6.96. The largest absolute Gasteiger partial charge is 0.481 e. The van der Waals surface area contributed by atoms with Gasteiger partial charge in [0.05, 0.1) is 11.4 Å². The third-order valence-electron chi connectivity index (χ3n) is 3.78. The summed E-state index contributed by atoms with van der Waals surface area (Å²) in [6.45, 7) is 5.70. The molecule has 1 aromatic carbocycles. The maximum absolute atomic E-state index is 12.3. The van der Waals surface area contributed by atoms with Crippen molar-refractivity contribution in [2.75, 3.05) is 11.1 Å². The molecule has 0 aliphatic rings. The Morgan fingerprint density at radius 2 is 2.12 bits per heavy atom. The second kappa shape index (κ2) is 8.71. The van der Waals surface area contributed by atoms with E-state index in [0.717, 1.165) is 22.6 Å². The number of hydrogen-bond acceptors (Lipinski definition) is 5. The van der Waals surface area contributed by atoms with Gasteiger partial charge in [-0.2, -0.15) is 0 Å². The van der Waals surface area contributed by atoms with Crippen molar-refractivity contribution in [3.05, 3.63) is 46.8 Å². The molecule has 0 saturated carbocycles. The maximum Gasteiger partial charge on any atom is 0.313 e. The molecule has 1 atom stereocenters. The maximum atomic E-state index is 12.3. The van der Waals surface area contributed by atoms with Crippen molar-refractivity contribution >= 4 is 29.3 Å². The molecule has 1 unspecified atom stereocenters. The number of benzene rings is 1. The number of aryl methyl sites for hydroxylation is 2. The monoisotopic (exact) mass is 362 g/mol. The number of rotatable bonds is 8. The van der Waals surface area contributed by atoms with Gasteiger partial charge in [-0.3, -0.25) is 9.59 Å². The SMILES string of the molecule is Cc1noc(C)c1C(C)CC(=O)Nc1cccc(CSCC(=O)O)c1. The van der Waals surface area contributed by atoms with E-state index in [9.17, 15) is 9.59 Å². The van der Waals surface area contributed by atoms with E-state index in [1.165, 1.54) is 11.8 Å². The number of carbonyl (C=O) groups is 2. The Bertz CT molecular complexity index is 738. The third kappa shape index (κ3) is 5.63. The lowest BCUT2D eigenvalue weighted by Gasteiger charge is -2.12. The number of carboxylic acid groups (broad SMARTS) is 1. The lowest BCUT2D eigenvalue weighted by molar-refractivity contribution is -0.133. The molecule has 0 fully saturated rings. The zero-order chi connectivity index (χ0) is 18.4. The van der Waals surface area contributed by atoms with E-state index in [0.29, 0.717) is 17.9 Å². The summed E-state index contributed by atoms with van der Waals surface area (Å²) in [5, 5.41) is 15.5. The van der Waals surface area contributed by atoms with Crippen LogP contribution in [0.3, 0.4) is 0 Å². The van der Waals surface area contributed by atoms with Crippen LogP contribution in [0.4, 0.5) is 5.69 Å². The van der Waals surface area contributed by atoms with Crippen LogP contribution in [0, 0.1) is 13.8 Å². The van der Waals surface area contributed by atoms with Gasteiger partial charge in [0.25, 0.3) is 0 Å². The number of hydrogen-bond donors (Lipinski definition) is 2. The first-order valence-corrected chi connectivity index (χ1v) is 9.13. The van der Waals surface area contributed by atoms with Crippen LogP contribution in [-0.2, 0) is 15.3 Å². The molecule has 1 aromatic heterocycles. The molecule has 25 heavy (non-hydrogen) atoms. The number of aliphatic carboxylic acids is 1. The fourth-order valence-corrected chi connectivity index (χ4v) is 3.47. The predicted molar refractivity (Wildman–Crippen MR) is 97.9 cm³/mol. The fraction of sp³-hybridized carbons (Fsp3) is 0.389. The number of anilines is 1. The highest BCUT2D eigenvalue weighted by Gasteiger charge is 2.19. The molecular weight excluding hydrogens is 340 g/mol. The molecule has 1 heterocycles. The molecule has 0 saturated heterocycles. The molecule has 0 bridgehead atoms. The fourth-order valence-electron chi connectivity index (χ4n) is 2.78. The van der Waals surface area contributed by atoms with Gasteiger partial charge in [-0.25, -0.2) is 0 Å². The predicted octanol–water partition coefficient (Wildman–Crippen LogP) is 3.74. The third-order valence-corrected chi connectivity index (χ3v) is 4.77. The van der Waals surface area contributed by atoms with E-state index >= 15 is 0 Å². The molecule has 134 valence electrons. The minimum atomic E-state index is -0.831. The molecule has 2 aromatic rings. The molecule has 0 aliphatic heterocycles. The Morgan fingerprint density at radius 3 is 2.76 bits per heavy atom. The lowest BCUT2D eigenvalue weighted by Crippen LogP contribution is -2.15. The van der Waals surface area contributed by atoms with E-state index in [1.807, 2.05) is 45.0 Å². The van der Waals surface area contributed by atoms with Crippen molar-refractivity contribution in [1.82, 2.24) is 5.16 Å². The van der Waals surface area contributed by atoms with Gasteiger partial charge in [-0.15, -0.1) is 11.8 Å². The van der Waals surface area contributed by atoms with Crippen LogP contribution in [0.5, 0.6) is 0 Å². The van der Waals surface area contributed by atoms with Gasteiger partial charge in [0.2, 0.25) is 5.91 Å². The molecule has 6 nitrogen and oxygen atoms in total. The van der Waals surface area contributed by atoms with E-state index in [2.05, 4.69) is 10.5 Å². The number of carbonyl (C=O) groups excluding carboxylic acids is 1. The van der Waals surface area contributed by atoms with Crippen LogP contribution >= 0.6 is 11.8 Å². The first kappa shape index (κ1) is 19.1. The van der Waals surface area contributed by atoms with Crippen LogP contribution in [-0.4, -0.2) is 27.9 Å². The Morgan fingerprint density at radius 1 is 1.36 bits per heavy atom. The van der Waals surface area contributed by atoms with E-state index in [-0.39, 0.29) is 17.6 Å². The summed E-state index contributed by atoms with van der Waals surface area (Å²) in [6, 6.07) is 7.46. The lowest BCUT2D eigenvalue weighted by atomic mass is 9.96. The van der Waals surface area contributed by atoms with Gasteiger partial charge >= 0.3 is 5.97 Å². The minimum absolute atomic E-state index is 0.0144. The summed E-state index contributed by atoms with van der Waals surface area (Å²) in [6.07, 6.45) is 0.334. The summed E-state index contributed by atoms with van der Waals surface area (Å²) in [7, 11) is 0. The van der Waals surface area contributed by atoms with Gasteiger partial charge in [-0.05, 0) is 37.5 Å². The molecule has 7 heteroatoms. The van der Waals surface area contributed by atoms with Crippen molar-refractivity contribution in [3.8, 4) is 0 Å². The van der Waals surface area contributed by atoms with Crippen molar-refractivity contribution in [2.45, 2.75) is 38.9 Å². The van der Waals surface area contributed by atoms with Crippen molar-refractivity contribution in [2.24, 2.45) is 0 Å². The van der Waals surface area contributed by atoms with Crippen LogP contribution in [0.25, 0.3) is 0 Å². The molecule has 0 radical (unpaired) electrons. The quantitative estimate of drug-likeness (QED) is 0.743. The highest BCUT2D eigenvalue weighted by Crippen LogP contribution is 2.26. The summed E-state index contributed by atoms with van der Waals surface area (Å²) < 4.78 is 5.16. The molecule has 0 aliphatic carbocycles. The topological polar surface area (TPSA) is 92.4 Å². The van der Waals surface area contributed by atoms with Crippen LogP contribution in [0.15, 0.2) is 28.8 Å². The Labute approximate surface area is 151 Å². The van der Waals surface area contributed by atoms with Crippen LogP contribution in [0.1, 0.15) is 41.8 Å². The standard InChI is InChI=1S/C18H22N2O4S/c1-11(18-12(2)20-24-13(18)3)7-16(21)19-15-6-4-5-14(8-15)9-25-10-17(22)23/h4-6,8,11H,7,9-10H2,1-3H3,(H,19,21)(H,22,23). The smallest absolute Gasteiger partial charge is 0.313 e. The number of aromatic nitrogens is 1. The molecule has 1 amide bonds. The zero-order valence-corrected chi connectivity index (χ0v) is 15.4. The summed E-state index contributed by atoms with van der Waals surface area (Å²) in [4.78, 5) is 22.9. The minimum Gasteiger partial charge on any atom is -0.481 e.